The summed E-state index contributed by atoms with van der Waals surface area (Å²) in [4.78, 5) is 13.2. The third-order valence-corrected chi connectivity index (χ3v) is 1.13. The molecule has 76 valence electrons. The number of alkyl halides is 3. The molecule has 0 saturated heterocycles. The summed E-state index contributed by atoms with van der Waals surface area (Å²) in [5, 5.41) is 0. The quantitative estimate of drug-likeness (QED) is 0.551. The highest BCUT2D eigenvalue weighted by molar-refractivity contribution is 5.71. The lowest BCUT2D eigenvalue weighted by atomic mass is 10.3. The summed E-state index contributed by atoms with van der Waals surface area (Å²) >= 11 is 0. The van der Waals surface area contributed by atoms with Crippen molar-refractivity contribution in [2.45, 2.75) is 6.36 Å². The van der Waals surface area contributed by atoms with E-state index in [0.717, 1.165) is 0 Å². The van der Waals surface area contributed by atoms with E-state index in [1.807, 2.05) is 0 Å². The summed E-state index contributed by atoms with van der Waals surface area (Å²) < 4.78 is 50.8. The van der Waals surface area contributed by atoms with Crippen LogP contribution < -0.4 is 4.74 Å². The normalized spacial score (nSPS) is 11.1. The molecule has 1 rings (SSSR count). The maximum atomic E-state index is 12.5. The number of rotatable bonds is 2. The minimum Gasteiger partial charge on any atom is -0.388 e. The van der Waals surface area contributed by atoms with Crippen LogP contribution in [0.1, 0.15) is 10.5 Å². The van der Waals surface area contributed by atoms with E-state index in [-0.39, 0.29) is 6.29 Å². The van der Waals surface area contributed by atoms with Crippen LogP contribution >= 0.6 is 0 Å². The molecule has 0 amide bonds. The molecule has 0 fully saturated rings. The Morgan fingerprint density at radius 1 is 1.36 bits per heavy atom. The lowest BCUT2D eigenvalue weighted by molar-refractivity contribution is -0.276. The molecule has 1 aromatic rings. The number of pyridine rings is 1. The van der Waals surface area contributed by atoms with Gasteiger partial charge in [0.15, 0.2) is 6.29 Å². The fraction of sp³-hybridized carbons (Fsp3) is 0.143. The molecule has 1 aromatic heterocycles. The Bertz CT molecular complexity index is 350. The van der Waals surface area contributed by atoms with Gasteiger partial charge >= 0.3 is 6.36 Å². The number of carbonyl (C=O) groups excluding carboxylic acids is 1. The van der Waals surface area contributed by atoms with E-state index < -0.39 is 23.8 Å². The first-order valence-electron chi connectivity index (χ1n) is 3.29. The summed E-state index contributed by atoms with van der Waals surface area (Å²) in [6, 6.07) is 1.12. The van der Waals surface area contributed by atoms with Crippen LogP contribution in [-0.4, -0.2) is 17.6 Å². The molecule has 0 spiro atoms. The molecule has 0 radical (unpaired) electrons. The number of hydrogen-bond donors (Lipinski definition) is 0. The minimum absolute atomic E-state index is 0.117. The van der Waals surface area contributed by atoms with E-state index in [1.54, 1.807) is 0 Å². The molecule has 3 nitrogen and oxygen atoms in total. The van der Waals surface area contributed by atoms with Crippen LogP contribution in [0.5, 0.6) is 5.88 Å². The highest BCUT2D eigenvalue weighted by Crippen LogP contribution is 2.21. The molecule has 0 atom stereocenters. The van der Waals surface area contributed by atoms with Gasteiger partial charge in [-0.2, -0.15) is 0 Å². The molecule has 7 heteroatoms. The lowest BCUT2D eigenvalue weighted by Crippen LogP contribution is -2.18. The summed E-state index contributed by atoms with van der Waals surface area (Å²) in [6.45, 7) is 0. The minimum atomic E-state index is -4.96. The van der Waals surface area contributed by atoms with Gasteiger partial charge in [0.05, 0.1) is 0 Å². The Labute approximate surface area is 75.3 Å². The van der Waals surface area contributed by atoms with E-state index in [0.29, 0.717) is 12.1 Å². The highest BCUT2D eigenvalue weighted by Gasteiger charge is 2.32. The molecule has 0 aromatic carbocycles. The van der Waals surface area contributed by atoms with Gasteiger partial charge in [-0.05, 0) is 0 Å². The molecule has 0 saturated carbocycles. The standard InChI is InChI=1S/C7H3F4NO2/c8-4-1-5(3-13)12-6(2-4)14-7(9,10)11/h1-3H. The zero-order chi connectivity index (χ0) is 10.8. The van der Waals surface area contributed by atoms with Gasteiger partial charge < -0.3 is 4.74 Å². The molecule has 1 heterocycles. The van der Waals surface area contributed by atoms with Gasteiger partial charge in [-0.3, -0.25) is 4.79 Å². The monoisotopic (exact) mass is 209 g/mol. The maximum absolute atomic E-state index is 12.5. The smallest absolute Gasteiger partial charge is 0.388 e. The van der Waals surface area contributed by atoms with Crippen LogP contribution in [0.4, 0.5) is 17.6 Å². The van der Waals surface area contributed by atoms with Crippen molar-refractivity contribution in [1.29, 1.82) is 0 Å². The van der Waals surface area contributed by atoms with Crippen molar-refractivity contribution in [1.82, 2.24) is 4.98 Å². The number of aromatic nitrogens is 1. The van der Waals surface area contributed by atoms with Crippen LogP contribution in [0.25, 0.3) is 0 Å². The number of ether oxygens (including phenoxy) is 1. The number of hydrogen-bond acceptors (Lipinski definition) is 3. The average Bonchev–Trinajstić information content (AvgIpc) is 1.99. The Balaban J connectivity index is 2.98. The summed E-state index contributed by atoms with van der Waals surface area (Å²) in [6.07, 6.45) is -4.84. The van der Waals surface area contributed by atoms with Gasteiger partial charge in [-0.15, -0.1) is 13.2 Å². The second-order valence-electron chi connectivity index (χ2n) is 2.21. The predicted molar refractivity (Wildman–Crippen MR) is 36.3 cm³/mol. The summed E-state index contributed by atoms with van der Waals surface area (Å²) in [5.41, 5.74) is -0.468. The highest BCUT2D eigenvalue weighted by atomic mass is 19.4. The van der Waals surface area contributed by atoms with Gasteiger partial charge in [-0.1, -0.05) is 0 Å². The number of nitrogens with zero attached hydrogens (tertiary/aromatic N) is 1. The Kier molecular flexibility index (Phi) is 2.68. The third kappa shape index (κ3) is 3.00. The van der Waals surface area contributed by atoms with Gasteiger partial charge in [0.1, 0.15) is 11.5 Å². The second kappa shape index (κ2) is 3.60. The first-order valence-corrected chi connectivity index (χ1v) is 3.29. The molecule has 14 heavy (non-hydrogen) atoms. The van der Waals surface area contributed by atoms with Crippen molar-refractivity contribution >= 4 is 6.29 Å². The van der Waals surface area contributed by atoms with Crippen molar-refractivity contribution < 1.29 is 27.1 Å². The first-order chi connectivity index (χ1) is 6.40. The first kappa shape index (κ1) is 10.4. The van der Waals surface area contributed by atoms with Crippen molar-refractivity contribution in [2.75, 3.05) is 0 Å². The summed E-state index contributed by atoms with van der Waals surface area (Å²) in [7, 11) is 0. The molecule has 0 N–H and O–H groups in total. The Morgan fingerprint density at radius 2 is 2.00 bits per heavy atom. The van der Waals surface area contributed by atoms with Crippen LogP contribution in [0.3, 0.4) is 0 Å². The van der Waals surface area contributed by atoms with Crippen LogP contribution in [0, 0.1) is 5.82 Å². The van der Waals surface area contributed by atoms with Crippen LogP contribution in [-0.2, 0) is 0 Å². The molecular weight excluding hydrogens is 206 g/mol. The molecule has 0 aliphatic rings. The number of halogens is 4. The van der Waals surface area contributed by atoms with Gasteiger partial charge in [-0.25, -0.2) is 9.37 Å². The summed E-state index contributed by atoms with van der Waals surface area (Å²) in [5.74, 6) is -2.03. The average molecular weight is 209 g/mol. The number of carbonyl (C=O) groups is 1. The molecule has 0 bridgehead atoms. The van der Waals surface area contributed by atoms with E-state index in [2.05, 4.69) is 9.72 Å². The molecule has 0 aliphatic heterocycles. The molecule has 0 aliphatic carbocycles. The van der Waals surface area contributed by atoms with Gasteiger partial charge in [0.25, 0.3) is 0 Å². The van der Waals surface area contributed by atoms with Crippen LogP contribution in [0.2, 0.25) is 0 Å². The van der Waals surface area contributed by atoms with Gasteiger partial charge in [0.2, 0.25) is 5.88 Å². The fourth-order valence-electron chi connectivity index (χ4n) is 0.724. The van der Waals surface area contributed by atoms with Gasteiger partial charge in [0, 0.05) is 12.1 Å². The van der Waals surface area contributed by atoms with E-state index in [9.17, 15) is 22.4 Å². The maximum Gasteiger partial charge on any atom is 0.574 e. The van der Waals surface area contributed by atoms with Crippen molar-refractivity contribution in [3.63, 3.8) is 0 Å². The second-order valence-corrected chi connectivity index (χ2v) is 2.21. The van der Waals surface area contributed by atoms with E-state index >= 15 is 0 Å². The Hall–Kier alpha value is -1.66. The van der Waals surface area contributed by atoms with Crippen molar-refractivity contribution in [3.8, 4) is 5.88 Å². The lowest BCUT2D eigenvalue weighted by Gasteiger charge is -2.07. The van der Waals surface area contributed by atoms with E-state index in [4.69, 9.17) is 0 Å². The molecule has 0 unspecified atom stereocenters. The van der Waals surface area contributed by atoms with Crippen molar-refractivity contribution in [2.24, 2.45) is 0 Å². The zero-order valence-corrected chi connectivity index (χ0v) is 6.51. The molecular formula is C7H3F4NO2. The number of aldehydes is 1. The topological polar surface area (TPSA) is 39.2 Å². The van der Waals surface area contributed by atoms with Crippen LogP contribution in [0.15, 0.2) is 12.1 Å². The predicted octanol–water partition coefficient (Wildman–Crippen LogP) is 1.93. The zero-order valence-electron chi connectivity index (χ0n) is 6.51. The third-order valence-electron chi connectivity index (χ3n) is 1.13. The fourth-order valence-corrected chi connectivity index (χ4v) is 0.724. The largest absolute Gasteiger partial charge is 0.574 e. The van der Waals surface area contributed by atoms with Crippen molar-refractivity contribution in [3.05, 3.63) is 23.6 Å². The Morgan fingerprint density at radius 3 is 2.50 bits per heavy atom. The van der Waals surface area contributed by atoms with E-state index in [1.165, 1.54) is 0 Å². The SMILES string of the molecule is O=Cc1cc(F)cc(OC(F)(F)F)n1.